The predicted octanol–water partition coefficient (Wildman–Crippen LogP) is 2.79. The van der Waals surface area contributed by atoms with Crippen LogP contribution in [0.2, 0.25) is 5.15 Å². The van der Waals surface area contributed by atoms with Crippen molar-refractivity contribution >= 4 is 23.4 Å². The average Bonchev–Trinajstić information content (AvgIpc) is 2.38. The van der Waals surface area contributed by atoms with Crippen molar-refractivity contribution in [3.05, 3.63) is 35.1 Å². The van der Waals surface area contributed by atoms with Crippen LogP contribution in [0.25, 0.3) is 11.4 Å². The second-order valence-corrected chi connectivity index (χ2v) is 4.27. The van der Waals surface area contributed by atoms with E-state index in [4.69, 9.17) is 16.9 Å². The van der Waals surface area contributed by atoms with Crippen LogP contribution >= 0.6 is 23.4 Å². The van der Waals surface area contributed by atoms with E-state index in [-0.39, 0.29) is 0 Å². The SMILES string of the molecule is CSc1nc(Cl)cc(-c2ccc(C#N)cn2)n1. The first-order valence-electron chi connectivity index (χ1n) is 4.68. The molecule has 0 aliphatic carbocycles. The number of hydrogen-bond acceptors (Lipinski definition) is 5. The lowest BCUT2D eigenvalue weighted by Gasteiger charge is -2.02. The Morgan fingerprint density at radius 1 is 1.29 bits per heavy atom. The van der Waals surface area contributed by atoms with Crippen molar-refractivity contribution in [1.82, 2.24) is 15.0 Å². The van der Waals surface area contributed by atoms with E-state index in [2.05, 4.69) is 15.0 Å². The standard InChI is InChI=1S/C11H7ClN4S/c1-17-11-15-9(4-10(12)16-11)8-3-2-7(5-13)6-14-8/h2-4,6H,1H3. The summed E-state index contributed by atoms with van der Waals surface area (Å²) in [5, 5.41) is 9.66. The summed E-state index contributed by atoms with van der Waals surface area (Å²) in [7, 11) is 0. The summed E-state index contributed by atoms with van der Waals surface area (Å²) >= 11 is 7.31. The number of hydrogen-bond donors (Lipinski definition) is 0. The largest absolute Gasteiger partial charge is 0.253 e. The van der Waals surface area contributed by atoms with Crippen molar-refractivity contribution in [2.24, 2.45) is 0 Å². The summed E-state index contributed by atoms with van der Waals surface area (Å²) in [6.07, 6.45) is 3.38. The van der Waals surface area contributed by atoms with E-state index in [1.807, 2.05) is 12.3 Å². The molecule has 0 bridgehead atoms. The Hall–Kier alpha value is -1.64. The monoisotopic (exact) mass is 262 g/mol. The van der Waals surface area contributed by atoms with Crippen LogP contribution < -0.4 is 0 Å². The zero-order chi connectivity index (χ0) is 12.3. The molecule has 0 atom stereocenters. The smallest absolute Gasteiger partial charge is 0.189 e. The molecule has 0 aliphatic heterocycles. The van der Waals surface area contributed by atoms with Gasteiger partial charge in [0.25, 0.3) is 0 Å². The molecule has 4 nitrogen and oxygen atoms in total. The van der Waals surface area contributed by atoms with Gasteiger partial charge in [-0.3, -0.25) is 4.98 Å². The van der Waals surface area contributed by atoms with Gasteiger partial charge in [0.15, 0.2) is 5.16 Å². The second kappa shape index (κ2) is 5.13. The van der Waals surface area contributed by atoms with Crippen molar-refractivity contribution < 1.29 is 0 Å². The number of nitriles is 1. The second-order valence-electron chi connectivity index (χ2n) is 3.11. The van der Waals surface area contributed by atoms with Gasteiger partial charge < -0.3 is 0 Å². The normalized spacial score (nSPS) is 9.94. The fraction of sp³-hybridized carbons (Fsp3) is 0.0909. The molecule has 84 valence electrons. The first kappa shape index (κ1) is 11.8. The molecule has 2 aromatic rings. The molecule has 0 aromatic carbocycles. The summed E-state index contributed by atoms with van der Waals surface area (Å²) in [4.78, 5) is 12.5. The molecule has 0 radical (unpaired) electrons. The Bertz CT molecular complexity index is 577. The summed E-state index contributed by atoms with van der Waals surface area (Å²) in [6, 6.07) is 7.09. The molecular weight excluding hydrogens is 256 g/mol. The Labute approximate surface area is 108 Å². The van der Waals surface area contributed by atoms with Crippen molar-refractivity contribution in [1.29, 1.82) is 5.26 Å². The molecule has 2 heterocycles. The molecule has 0 saturated heterocycles. The van der Waals surface area contributed by atoms with Crippen LogP contribution in [-0.4, -0.2) is 21.2 Å². The van der Waals surface area contributed by atoms with E-state index in [1.165, 1.54) is 18.0 Å². The van der Waals surface area contributed by atoms with E-state index >= 15 is 0 Å². The van der Waals surface area contributed by atoms with Gasteiger partial charge in [0.2, 0.25) is 0 Å². The summed E-state index contributed by atoms with van der Waals surface area (Å²) < 4.78 is 0. The molecule has 0 N–H and O–H groups in total. The number of rotatable bonds is 2. The van der Waals surface area contributed by atoms with E-state index in [0.717, 1.165) is 0 Å². The fourth-order valence-corrected chi connectivity index (χ4v) is 1.84. The van der Waals surface area contributed by atoms with Crippen LogP contribution in [0.4, 0.5) is 0 Å². The molecule has 0 unspecified atom stereocenters. The lowest BCUT2D eigenvalue weighted by Crippen LogP contribution is -1.92. The maximum absolute atomic E-state index is 8.69. The number of nitrogens with zero attached hydrogens (tertiary/aromatic N) is 4. The molecule has 2 rings (SSSR count). The van der Waals surface area contributed by atoms with Gasteiger partial charge in [-0.1, -0.05) is 23.4 Å². The predicted molar refractivity (Wildman–Crippen MR) is 66.8 cm³/mol. The highest BCUT2D eigenvalue weighted by Gasteiger charge is 2.06. The highest BCUT2D eigenvalue weighted by molar-refractivity contribution is 7.98. The highest BCUT2D eigenvalue weighted by Crippen LogP contribution is 2.21. The van der Waals surface area contributed by atoms with E-state index in [0.29, 0.717) is 27.3 Å². The van der Waals surface area contributed by atoms with Gasteiger partial charge in [0, 0.05) is 12.3 Å². The van der Waals surface area contributed by atoms with Gasteiger partial charge in [-0.2, -0.15) is 5.26 Å². The average molecular weight is 263 g/mol. The van der Waals surface area contributed by atoms with E-state index < -0.39 is 0 Å². The van der Waals surface area contributed by atoms with Crippen LogP contribution in [0.3, 0.4) is 0 Å². The molecule has 0 fully saturated rings. The number of halogens is 1. The zero-order valence-electron chi connectivity index (χ0n) is 8.88. The molecule has 6 heteroatoms. The third kappa shape index (κ3) is 2.73. The molecule has 0 saturated carbocycles. The van der Waals surface area contributed by atoms with Crippen LogP contribution in [-0.2, 0) is 0 Å². The minimum Gasteiger partial charge on any atom is -0.253 e. The molecular formula is C11H7ClN4S. The Balaban J connectivity index is 2.45. The quantitative estimate of drug-likeness (QED) is 0.473. The number of pyridine rings is 1. The Kier molecular flexibility index (Phi) is 3.57. The summed E-state index contributed by atoms with van der Waals surface area (Å²) in [6.45, 7) is 0. The minimum atomic E-state index is 0.380. The summed E-state index contributed by atoms with van der Waals surface area (Å²) in [5.74, 6) is 0. The van der Waals surface area contributed by atoms with Crippen molar-refractivity contribution in [3.63, 3.8) is 0 Å². The summed E-state index contributed by atoms with van der Waals surface area (Å²) in [5.41, 5.74) is 1.83. The molecule has 0 spiro atoms. The van der Waals surface area contributed by atoms with E-state index in [1.54, 1.807) is 18.2 Å². The molecule has 0 aliphatic rings. The molecule has 17 heavy (non-hydrogen) atoms. The first-order chi connectivity index (χ1) is 8.22. The minimum absolute atomic E-state index is 0.380. The van der Waals surface area contributed by atoms with Crippen molar-refractivity contribution in [3.8, 4) is 17.5 Å². The highest BCUT2D eigenvalue weighted by atomic mass is 35.5. The van der Waals surface area contributed by atoms with Crippen LogP contribution in [0.5, 0.6) is 0 Å². The van der Waals surface area contributed by atoms with Gasteiger partial charge >= 0.3 is 0 Å². The van der Waals surface area contributed by atoms with Gasteiger partial charge in [0.05, 0.1) is 17.0 Å². The third-order valence-corrected chi connectivity index (χ3v) is 2.75. The van der Waals surface area contributed by atoms with Gasteiger partial charge in [-0.05, 0) is 18.4 Å². The van der Waals surface area contributed by atoms with Crippen LogP contribution in [0, 0.1) is 11.3 Å². The lowest BCUT2D eigenvalue weighted by molar-refractivity contribution is 0.971. The molecule has 2 aromatic heterocycles. The maximum atomic E-state index is 8.69. The van der Waals surface area contributed by atoms with Gasteiger partial charge in [0.1, 0.15) is 11.2 Å². The van der Waals surface area contributed by atoms with Crippen molar-refractivity contribution in [2.45, 2.75) is 5.16 Å². The third-order valence-electron chi connectivity index (χ3n) is 2.01. The van der Waals surface area contributed by atoms with Crippen LogP contribution in [0.15, 0.2) is 29.6 Å². The van der Waals surface area contributed by atoms with Crippen LogP contribution in [0.1, 0.15) is 5.56 Å². The number of aromatic nitrogens is 3. The number of thioether (sulfide) groups is 1. The Morgan fingerprint density at radius 3 is 2.71 bits per heavy atom. The first-order valence-corrected chi connectivity index (χ1v) is 6.28. The van der Waals surface area contributed by atoms with E-state index in [9.17, 15) is 0 Å². The molecule has 0 amide bonds. The van der Waals surface area contributed by atoms with Gasteiger partial charge in [-0.25, -0.2) is 9.97 Å². The van der Waals surface area contributed by atoms with Crippen molar-refractivity contribution in [2.75, 3.05) is 6.26 Å². The zero-order valence-corrected chi connectivity index (χ0v) is 10.5. The maximum Gasteiger partial charge on any atom is 0.189 e. The topological polar surface area (TPSA) is 62.5 Å². The van der Waals surface area contributed by atoms with Gasteiger partial charge in [-0.15, -0.1) is 0 Å². The lowest BCUT2D eigenvalue weighted by atomic mass is 10.2. The fourth-order valence-electron chi connectivity index (χ4n) is 1.23. The Morgan fingerprint density at radius 2 is 2.12 bits per heavy atom.